The molecule has 0 spiro atoms. The summed E-state index contributed by atoms with van der Waals surface area (Å²) in [7, 11) is 0. The molecule has 0 amide bonds. The molecule has 2 aliphatic rings. The van der Waals surface area contributed by atoms with Gasteiger partial charge in [0.15, 0.2) is 0 Å². The molecule has 2 heteroatoms. The Morgan fingerprint density at radius 3 is 2.65 bits per heavy atom. The van der Waals surface area contributed by atoms with Gasteiger partial charge in [0.1, 0.15) is 5.82 Å². The Morgan fingerprint density at radius 2 is 1.85 bits per heavy atom. The van der Waals surface area contributed by atoms with Crippen LogP contribution in [-0.2, 0) is 6.54 Å². The zero-order chi connectivity index (χ0) is 13.4. The summed E-state index contributed by atoms with van der Waals surface area (Å²) in [6, 6.07) is 8.23. The van der Waals surface area contributed by atoms with Crippen molar-refractivity contribution in [3.05, 3.63) is 83.6 Å². The zero-order valence-corrected chi connectivity index (χ0v) is 10.9. The van der Waals surface area contributed by atoms with E-state index < -0.39 is 0 Å². The number of para-hydroxylation sites is 2. The lowest BCUT2D eigenvalue weighted by Gasteiger charge is -2.07. The summed E-state index contributed by atoms with van der Waals surface area (Å²) in [5.74, 6) is 0.964. The van der Waals surface area contributed by atoms with E-state index in [2.05, 4.69) is 28.2 Å². The van der Waals surface area contributed by atoms with Gasteiger partial charge >= 0.3 is 0 Å². The van der Waals surface area contributed by atoms with Gasteiger partial charge in [-0.05, 0) is 36.4 Å². The molecule has 20 heavy (non-hydrogen) atoms. The Kier molecular flexibility index (Phi) is 2.43. The first-order chi connectivity index (χ1) is 9.92. The third kappa shape index (κ3) is 1.72. The van der Waals surface area contributed by atoms with Crippen molar-refractivity contribution in [3.8, 4) is 0 Å². The van der Waals surface area contributed by atoms with Gasteiger partial charge in [-0.2, -0.15) is 0 Å². The molecule has 2 aromatic rings. The zero-order valence-electron chi connectivity index (χ0n) is 10.9. The van der Waals surface area contributed by atoms with Crippen LogP contribution in [0.5, 0.6) is 0 Å². The van der Waals surface area contributed by atoms with Crippen LogP contribution in [0, 0.1) is 0 Å². The maximum Gasteiger partial charge on any atom is 0.149 e. The van der Waals surface area contributed by atoms with E-state index in [-0.39, 0.29) is 0 Å². The molecule has 0 unspecified atom stereocenters. The molecule has 1 heterocycles. The largest absolute Gasteiger partial charge is 0.318 e. The Labute approximate surface area is 117 Å². The minimum atomic E-state index is 0.780. The maximum atomic E-state index is 4.75. The van der Waals surface area contributed by atoms with Crippen LogP contribution in [0.15, 0.2) is 77.8 Å². The average molecular weight is 256 g/mol. The van der Waals surface area contributed by atoms with E-state index in [1.165, 1.54) is 5.57 Å². The molecule has 0 atom stereocenters. The van der Waals surface area contributed by atoms with Crippen molar-refractivity contribution in [2.75, 3.05) is 0 Å². The van der Waals surface area contributed by atoms with E-state index in [0.717, 1.165) is 29.0 Å². The minimum absolute atomic E-state index is 0.780. The molecule has 2 aliphatic carbocycles. The van der Waals surface area contributed by atoms with Gasteiger partial charge in [-0.15, -0.1) is 11.5 Å². The first-order valence-electron chi connectivity index (χ1n) is 6.63. The van der Waals surface area contributed by atoms with Crippen LogP contribution in [0.4, 0.5) is 0 Å². The van der Waals surface area contributed by atoms with Gasteiger partial charge < -0.3 is 4.57 Å². The molecular formula is C18H12N2. The quantitative estimate of drug-likeness (QED) is 0.764. The van der Waals surface area contributed by atoms with Crippen LogP contribution >= 0.6 is 0 Å². The Morgan fingerprint density at radius 1 is 1.00 bits per heavy atom. The second kappa shape index (κ2) is 4.40. The van der Waals surface area contributed by atoms with Crippen LogP contribution in [-0.4, -0.2) is 9.55 Å². The summed E-state index contributed by atoms with van der Waals surface area (Å²) in [6.07, 6.45) is 12.0. The fourth-order valence-electron chi connectivity index (χ4n) is 2.55. The van der Waals surface area contributed by atoms with Crippen molar-refractivity contribution in [1.82, 2.24) is 9.55 Å². The first kappa shape index (κ1) is 11.1. The summed E-state index contributed by atoms with van der Waals surface area (Å²) in [4.78, 5) is 4.75. The minimum Gasteiger partial charge on any atom is -0.318 e. The molecule has 2 nitrogen and oxygen atoms in total. The molecule has 0 aliphatic heterocycles. The number of rotatable bonds is 3. The number of aromatic nitrogens is 2. The first-order valence-corrected chi connectivity index (χ1v) is 6.63. The van der Waals surface area contributed by atoms with Crippen LogP contribution < -0.4 is 0 Å². The lowest BCUT2D eigenvalue weighted by atomic mass is 10.2. The molecule has 4 rings (SSSR count). The van der Waals surface area contributed by atoms with E-state index >= 15 is 0 Å². The SMILES string of the molecule is C1=CC=CC=1Cn1c(C2=C=CC=C2)nc2ccccc21. The van der Waals surface area contributed by atoms with E-state index in [1.807, 2.05) is 48.6 Å². The predicted octanol–water partition coefficient (Wildman–Crippen LogP) is 3.80. The van der Waals surface area contributed by atoms with Crippen LogP contribution in [0.25, 0.3) is 16.6 Å². The summed E-state index contributed by atoms with van der Waals surface area (Å²) < 4.78 is 2.23. The van der Waals surface area contributed by atoms with Gasteiger partial charge in [0.25, 0.3) is 0 Å². The third-order valence-corrected chi connectivity index (χ3v) is 3.48. The van der Waals surface area contributed by atoms with E-state index in [9.17, 15) is 0 Å². The second-order valence-corrected chi connectivity index (χ2v) is 4.79. The number of fused-ring (bicyclic) bond motifs is 1. The highest BCUT2D eigenvalue weighted by molar-refractivity contribution is 5.83. The number of hydrogen-bond acceptors (Lipinski definition) is 1. The van der Waals surface area contributed by atoms with E-state index in [0.29, 0.717) is 0 Å². The van der Waals surface area contributed by atoms with Crippen molar-refractivity contribution in [2.24, 2.45) is 0 Å². The van der Waals surface area contributed by atoms with Crippen molar-refractivity contribution in [1.29, 1.82) is 0 Å². The fraction of sp³-hybridized carbons (Fsp3) is 0.0556. The van der Waals surface area contributed by atoms with Gasteiger partial charge in [0, 0.05) is 5.57 Å². The molecule has 1 aromatic carbocycles. The Hall–Kier alpha value is -2.79. The van der Waals surface area contributed by atoms with Gasteiger partial charge in [-0.1, -0.05) is 24.3 Å². The summed E-state index contributed by atoms with van der Waals surface area (Å²) >= 11 is 0. The molecule has 0 saturated heterocycles. The number of hydrogen-bond donors (Lipinski definition) is 0. The summed E-state index contributed by atoms with van der Waals surface area (Å²) in [5.41, 5.74) is 10.9. The summed E-state index contributed by atoms with van der Waals surface area (Å²) in [5, 5.41) is 0. The lowest BCUT2D eigenvalue weighted by molar-refractivity contribution is 0.812. The Bertz CT molecular complexity index is 891. The number of benzene rings is 1. The van der Waals surface area contributed by atoms with E-state index in [4.69, 9.17) is 4.98 Å². The number of nitrogens with zero attached hydrogens (tertiary/aromatic N) is 2. The molecular weight excluding hydrogens is 244 g/mol. The molecule has 1 aromatic heterocycles. The van der Waals surface area contributed by atoms with Crippen LogP contribution in [0.1, 0.15) is 5.82 Å². The predicted molar refractivity (Wildman–Crippen MR) is 81.1 cm³/mol. The van der Waals surface area contributed by atoms with E-state index in [1.54, 1.807) is 0 Å². The highest BCUT2D eigenvalue weighted by Gasteiger charge is 2.14. The Balaban J connectivity index is 1.93. The van der Waals surface area contributed by atoms with Crippen molar-refractivity contribution < 1.29 is 0 Å². The normalized spacial score (nSPS) is 15.4. The van der Waals surface area contributed by atoms with Gasteiger partial charge in [0.05, 0.1) is 23.2 Å². The maximum absolute atomic E-state index is 4.75. The molecule has 94 valence electrons. The van der Waals surface area contributed by atoms with Crippen molar-refractivity contribution in [2.45, 2.75) is 6.54 Å². The molecule has 0 N–H and O–H groups in total. The smallest absolute Gasteiger partial charge is 0.149 e. The fourth-order valence-corrected chi connectivity index (χ4v) is 2.55. The number of imidazole rings is 1. The van der Waals surface area contributed by atoms with Crippen molar-refractivity contribution in [3.63, 3.8) is 0 Å². The van der Waals surface area contributed by atoms with Gasteiger partial charge in [0.2, 0.25) is 0 Å². The van der Waals surface area contributed by atoms with Gasteiger partial charge in [-0.3, -0.25) is 0 Å². The molecule has 0 radical (unpaired) electrons. The average Bonchev–Trinajstić information content (AvgIpc) is 3.19. The van der Waals surface area contributed by atoms with Gasteiger partial charge in [-0.25, -0.2) is 4.98 Å². The molecule has 0 bridgehead atoms. The summed E-state index contributed by atoms with van der Waals surface area (Å²) in [6.45, 7) is 0.780. The third-order valence-electron chi connectivity index (χ3n) is 3.48. The molecule has 0 fully saturated rings. The van der Waals surface area contributed by atoms with Crippen molar-refractivity contribution >= 4 is 16.6 Å². The van der Waals surface area contributed by atoms with Crippen LogP contribution in [0.2, 0.25) is 0 Å². The van der Waals surface area contributed by atoms with Crippen LogP contribution in [0.3, 0.4) is 0 Å². The molecule has 0 saturated carbocycles. The highest BCUT2D eigenvalue weighted by atomic mass is 15.1. The topological polar surface area (TPSA) is 17.8 Å². The highest BCUT2D eigenvalue weighted by Crippen LogP contribution is 2.25. The lowest BCUT2D eigenvalue weighted by Crippen LogP contribution is -2.03. The monoisotopic (exact) mass is 256 g/mol. The standard InChI is InChI=1S/C18H12N2/c1-2-8-14(7-1)13-20-17-12-6-5-11-16(17)19-18(20)15-9-3-4-10-15/h1-7,9,11-12H,13H2. The second-order valence-electron chi connectivity index (χ2n) is 4.79. The number of allylic oxidation sites excluding steroid dienone is 6.